The predicted octanol–water partition coefficient (Wildman–Crippen LogP) is 2.74. The van der Waals surface area contributed by atoms with Gasteiger partial charge in [0.2, 0.25) is 0 Å². The fourth-order valence-electron chi connectivity index (χ4n) is 1.67. The van der Waals surface area contributed by atoms with Crippen molar-refractivity contribution in [1.82, 2.24) is 4.98 Å². The quantitative estimate of drug-likeness (QED) is 0.789. The molecule has 1 aromatic carbocycles. The van der Waals surface area contributed by atoms with Crippen LogP contribution in [0.3, 0.4) is 0 Å². The molecule has 82 valence electrons. The Morgan fingerprint density at radius 2 is 2.31 bits per heavy atom. The van der Waals surface area contributed by atoms with E-state index >= 15 is 0 Å². The maximum absolute atomic E-state index is 13.6. The lowest BCUT2D eigenvalue weighted by Gasteiger charge is -2.00. The van der Waals surface area contributed by atoms with Gasteiger partial charge < -0.3 is 9.72 Å². The van der Waals surface area contributed by atoms with Crippen LogP contribution >= 0.6 is 0 Å². The zero-order valence-electron chi connectivity index (χ0n) is 8.71. The van der Waals surface area contributed by atoms with Gasteiger partial charge in [0.05, 0.1) is 23.6 Å². The van der Waals surface area contributed by atoms with Crippen LogP contribution in [-0.2, 0) is 4.74 Å². The van der Waals surface area contributed by atoms with E-state index in [9.17, 15) is 9.18 Å². The van der Waals surface area contributed by atoms with E-state index in [2.05, 4.69) is 16.3 Å². The van der Waals surface area contributed by atoms with Crippen LogP contribution in [0.15, 0.2) is 24.9 Å². The summed E-state index contributed by atoms with van der Waals surface area (Å²) in [6.45, 7) is 3.63. The number of carbonyl (C=O) groups is 1. The van der Waals surface area contributed by atoms with Gasteiger partial charge in [-0.2, -0.15) is 0 Å². The minimum Gasteiger partial charge on any atom is -0.465 e. The lowest BCUT2D eigenvalue weighted by Crippen LogP contribution is -2.00. The van der Waals surface area contributed by atoms with E-state index in [-0.39, 0.29) is 10.9 Å². The Labute approximate surface area is 91.5 Å². The third kappa shape index (κ3) is 1.39. The van der Waals surface area contributed by atoms with Gasteiger partial charge in [-0.05, 0) is 17.7 Å². The van der Waals surface area contributed by atoms with Crippen molar-refractivity contribution in [2.24, 2.45) is 0 Å². The molecular weight excluding hydrogens is 209 g/mol. The molecule has 1 heterocycles. The number of fused-ring (bicyclic) bond motifs is 1. The van der Waals surface area contributed by atoms with E-state index in [1.165, 1.54) is 19.4 Å². The Hall–Kier alpha value is -2.10. The number of benzene rings is 1. The number of hydrogen-bond donors (Lipinski definition) is 1. The molecule has 2 rings (SSSR count). The monoisotopic (exact) mass is 219 g/mol. The van der Waals surface area contributed by atoms with E-state index in [4.69, 9.17) is 0 Å². The van der Waals surface area contributed by atoms with Gasteiger partial charge in [0.15, 0.2) is 0 Å². The number of H-pyrrole nitrogens is 1. The van der Waals surface area contributed by atoms with Gasteiger partial charge in [-0.25, -0.2) is 9.18 Å². The molecule has 0 aliphatic rings. The van der Waals surface area contributed by atoms with Crippen molar-refractivity contribution in [3.8, 4) is 0 Å². The molecule has 0 bridgehead atoms. The maximum atomic E-state index is 13.6. The molecule has 0 saturated carbocycles. The summed E-state index contributed by atoms with van der Waals surface area (Å²) in [4.78, 5) is 14.3. The number of rotatable bonds is 2. The van der Waals surface area contributed by atoms with Crippen molar-refractivity contribution in [1.29, 1.82) is 0 Å². The van der Waals surface area contributed by atoms with Crippen LogP contribution in [0, 0.1) is 5.82 Å². The second-order valence-electron chi connectivity index (χ2n) is 3.28. The lowest BCUT2D eigenvalue weighted by molar-refractivity contribution is 0.0603. The minimum absolute atomic E-state index is 0.193. The van der Waals surface area contributed by atoms with Crippen LogP contribution in [0.2, 0.25) is 0 Å². The number of hydrogen-bond acceptors (Lipinski definition) is 2. The van der Waals surface area contributed by atoms with Crippen LogP contribution in [0.1, 0.15) is 15.9 Å². The van der Waals surface area contributed by atoms with Crippen molar-refractivity contribution in [2.75, 3.05) is 7.11 Å². The molecule has 3 nitrogen and oxygen atoms in total. The highest BCUT2D eigenvalue weighted by molar-refractivity contribution is 6.06. The Morgan fingerprint density at radius 3 is 2.94 bits per heavy atom. The largest absolute Gasteiger partial charge is 0.465 e. The second kappa shape index (κ2) is 3.81. The van der Waals surface area contributed by atoms with Gasteiger partial charge in [-0.3, -0.25) is 0 Å². The van der Waals surface area contributed by atoms with E-state index in [1.807, 2.05) is 0 Å². The van der Waals surface area contributed by atoms with E-state index in [0.717, 1.165) is 5.56 Å². The molecule has 0 amide bonds. The predicted molar refractivity (Wildman–Crippen MR) is 59.7 cm³/mol. The van der Waals surface area contributed by atoms with Gasteiger partial charge in [0.25, 0.3) is 0 Å². The first kappa shape index (κ1) is 10.4. The molecule has 0 aliphatic heterocycles. The molecule has 0 unspecified atom stereocenters. The number of aromatic amines is 1. The molecule has 0 atom stereocenters. The summed E-state index contributed by atoms with van der Waals surface area (Å²) in [6, 6.07) is 2.90. The summed E-state index contributed by atoms with van der Waals surface area (Å²) in [6.07, 6.45) is 3.03. The fourth-order valence-corrected chi connectivity index (χ4v) is 1.67. The Balaban J connectivity index is 2.80. The van der Waals surface area contributed by atoms with Crippen molar-refractivity contribution in [2.45, 2.75) is 0 Å². The molecule has 4 heteroatoms. The number of halogens is 1. The number of methoxy groups -OCH3 is 1. The summed E-state index contributed by atoms with van der Waals surface area (Å²) in [5, 5.41) is 0.240. The zero-order valence-corrected chi connectivity index (χ0v) is 8.71. The van der Waals surface area contributed by atoms with Gasteiger partial charge in [0.1, 0.15) is 5.82 Å². The third-order valence-electron chi connectivity index (χ3n) is 2.44. The van der Waals surface area contributed by atoms with Gasteiger partial charge in [-0.1, -0.05) is 12.7 Å². The average Bonchev–Trinajstić information content (AvgIpc) is 2.74. The number of carbonyl (C=O) groups excluding carboxylic acids is 1. The van der Waals surface area contributed by atoms with E-state index in [1.54, 1.807) is 12.1 Å². The highest BCUT2D eigenvalue weighted by atomic mass is 19.1. The molecule has 0 fully saturated rings. The van der Waals surface area contributed by atoms with E-state index < -0.39 is 11.8 Å². The summed E-state index contributed by atoms with van der Waals surface area (Å²) < 4.78 is 18.2. The van der Waals surface area contributed by atoms with Crippen molar-refractivity contribution >= 4 is 22.9 Å². The van der Waals surface area contributed by atoms with Crippen LogP contribution in [0.5, 0.6) is 0 Å². The van der Waals surface area contributed by atoms with Gasteiger partial charge in [-0.15, -0.1) is 0 Å². The van der Waals surface area contributed by atoms with Crippen LogP contribution in [-0.4, -0.2) is 18.1 Å². The minimum atomic E-state index is -0.564. The lowest BCUT2D eigenvalue weighted by atomic mass is 10.1. The summed E-state index contributed by atoms with van der Waals surface area (Å²) >= 11 is 0. The fraction of sp³-hybridized carbons (Fsp3) is 0.0833. The molecule has 0 spiro atoms. The summed E-state index contributed by atoms with van der Waals surface area (Å²) in [5.41, 5.74) is 1.49. The smallest absolute Gasteiger partial charge is 0.340 e. The molecule has 16 heavy (non-hydrogen) atoms. The van der Waals surface area contributed by atoms with Crippen molar-refractivity contribution in [3.63, 3.8) is 0 Å². The Kier molecular flexibility index (Phi) is 2.48. The van der Waals surface area contributed by atoms with Crippen molar-refractivity contribution < 1.29 is 13.9 Å². The standard InChI is InChI=1S/C12H10FNO2/c1-3-7-4-5-9(13)10-8(12(15)16-2)6-14-11(7)10/h3-6,14H,1H2,2H3. The zero-order chi connectivity index (χ0) is 11.7. The van der Waals surface area contributed by atoms with Crippen LogP contribution in [0.25, 0.3) is 17.0 Å². The Bertz CT molecular complexity index is 572. The highest BCUT2D eigenvalue weighted by Crippen LogP contribution is 2.25. The number of esters is 1. The Morgan fingerprint density at radius 1 is 1.56 bits per heavy atom. The molecule has 1 N–H and O–H groups in total. The number of ether oxygens (including phenoxy) is 1. The first-order chi connectivity index (χ1) is 7.69. The average molecular weight is 219 g/mol. The normalized spacial score (nSPS) is 10.4. The second-order valence-corrected chi connectivity index (χ2v) is 3.28. The molecule has 0 radical (unpaired) electrons. The topological polar surface area (TPSA) is 42.1 Å². The molecule has 0 saturated heterocycles. The third-order valence-corrected chi connectivity index (χ3v) is 2.44. The molecule has 1 aromatic heterocycles. The van der Waals surface area contributed by atoms with Crippen molar-refractivity contribution in [3.05, 3.63) is 41.9 Å². The summed E-state index contributed by atoms with van der Waals surface area (Å²) in [5.74, 6) is -1.02. The molecule has 0 aliphatic carbocycles. The van der Waals surface area contributed by atoms with Crippen LogP contribution in [0.4, 0.5) is 4.39 Å². The van der Waals surface area contributed by atoms with Crippen LogP contribution < -0.4 is 0 Å². The molecular formula is C12H10FNO2. The van der Waals surface area contributed by atoms with Gasteiger partial charge >= 0.3 is 5.97 Å². The number of nitrogens with one attached hydrogen (secondary N) is 1. The first-order valence-corrected chi connectivity index (χ1v) is 4.69. The highest BCUT2D eigenvalue weighted by Gasteiger charge is 2.16. The first-order valence-electron chi connectivity index (χ1n) is 4.69. The number of aromatic nitrogens is 1. The maximum Gasteiger partial charge on any atom is 0.340 e. The van der Waals surface area contributed by atoms with E-state index in [0.29, 0.717) is 5.52 Å². The SMILES string of the molecule is C=Cc1ccc(F)c2c(C(=O)OC)c[nH]c12. The van der Waals surface area contributed by atoms with Gasteiger partial charge in [0, 0.05) is 6.20 Å². The summed E-state index contributed by atoms with van der Waals surface area (Å²) in [7, 11) is 1.26. The molecule has 2 aromatic rings.